The highest BCUT2D eigenvalue weighted by Crippen LogP contribution is 2.34. The van der Waals surface area contributed by atoms with E-state index < -0.39 is 0 Å². The Hall–Kier alpha value is -2.29. The van der Waals surface area contributed by atoms with Crippen molar-refractivity contribution in [3.63, 3.8) is 0 Å². The highest BCUT2D eigenvalue weighted by Gasteiger charge is 2.17. The summed E-state index contributed by atoms with van der Waals surface area (Å²) >= 11 is 0. The molecule has 0 saturated heterocycles. The monoisotopic (exact) mass is 279 g/mol. The summed E-state index contributed by atoms with van der Waals surface area (Å²) < 4.78 is 1.97. The number of pyridine rings is 1. The fourth-order valence-corrected chi connectivity index (χ4v) is 2.93. The summed E-state index contributed by atoms with van der Waals surface area (Å²) in [5.74, 6) is 0.713. The smallest absolute Gasteiger partial charge is 0.139 e. The Morgan fingerprint density at radius 3 is 2.19 bits per heavy atom. The van der Waals surface area contributed by atoms with Crippen LogP contribution in [0.15, 0.2) is 24.4 Å². The number of aryl methyl sites for hydroxylation is 3. The summed E-state index contributed by atoms with van der Waals surface area (Å²) in [6.45, 7) is 10.6. The molecule has 0 amide bonds. The van der Waals surface area contributed by atoms with Gasteiger partial charge in [0, 0.05) is 11.8 Å². The van der Waals surface area contributed by atoms with Crippen LogP contribution in [-0.2, 0) is 0 Å². The Balaban J connectivity index is 2.39. The molecule has 21 heavy (non-hydrogen) atoms. The molecule has 0 aliphatic carbocycles. The van der Waals surface area contributed by atoms with E-state index in [9.17, 15) is 0 Å². The molecule has 0 atom stereocenters. The van der Waals surface area contributed by atoms with Gasteiger partial charge in [0.2, 0.25) is 0 Å². The Morgan fingerprint density at radius 1 is 0.952 bits per heavy atom. The Labute approximate surface area is 125 Å². The van der Waals surface area contributed by atoms with Gasteiger partial charge >= 0.3 is 0 Å². The van der Waals surface area contributed by atoms with E-state index in [1.165, 1.54) is 33.4 Å². The van der Waals surface area contributed by atoms with E-state index in [2.05, 4.69) is 46.8 Å². The van der Waals surface area contributed by atoms with Crippen molar-refractivity contribution >= 4 is 11.5 Å². The van der Waals surface area contributed by atoms with Crippen molar-refractivity contribution in [3.05, 3.63) is 52.2 Å². The van der Waals surface area contributed by atoms with Crippen molar-refractivity contribution < 1.29 is 0 Å². The second kappa shape index (κ2) is 4.62. The van der Waals surface area contributed by atoms with Crippen LogP contribution in [0.4, 0.5) is 5.82 Å². The zero-order chi connectivity index (χ0) is 15.3. The second-order valence-electron chi connectivity index (χ2n) is 5.92. The van der Waals surface area contributed by atoms with Crippen molar-refractivity contribution in [1.29, 1.82) is 0 Å². The molecule has 108 valence electrons. The van der Waals surface area contributed by atoms with Crippen molar-refractivity contribution in [2.75, 3.05) is 5.73 Å². The van der Waals surface area contributed by atoms with E-state index in [0.717, 1.165) is 11.3 Å². The summed E-state index contributed by atoms with van der Waals surface area (Å²) in [7, 11) is 0. The van der Waals surface area contributed by atoms with Crippen LogP contribution in [0.5, 0.6) is 0 Å². The lowest BCUT2D eigenvalue weighted by Crippen LogP contribution is -1.99. The predicted molar refractivity (Wildman–Crippen MR) is 88.7 cm³/mol. The van der Waals surface area contributed by atoms with Gasteiger partial charge < -0.3 is 5.73 Å². The molecule has 2 N–H and O–H groups in total. The topological polar surface area (TPSA) is 43.3 Å². The minimum Gasteiger partial charge on any atom is -0.383 e. The van der Waals surface area contributed by atoms with Crippen LogP contribution >= 0.6 is 0 Å². The zero-order valence-electron chi connectivity index (χ0n) is 13.3. The molecule has 1 aromatic carbocycles. The first kappa shape index (κ1) is 13.7. The lowest BCUT2D eigenvalue weighted by Gasteiger charge is -2.14. The molecule has 0 radical (unpaired) electrons. The fourth-order valence-electron chi connectivity index (χ4n) is 2.93. The number of hydrogen-bond donors (Lipinski definition) is 1. The predicted octanol–water partition coefficient (Wildman–Crippen LogP) is 4.13. The number of nitrogens with two attached hydrogens (primary N) is 1. The van der Waals surface area contributed by atoms with Crippen LogP contribution in [-0.4, -0.2) is 9.38 Å². The molecule has 3 aromatic rings. The molecule has 0 fully saturated rings. The van der Waals surface area contributed by atoms with Crippen molar-refractivity contribution in [1.82, 2.24) is 9.38 Å². The van der Waals surface area contributed by atoms with E-state index in [-0.39, 0.29) is 0 Å². The maximum absolute atomic E-state index is 6.38. The Morgan fingerprint density at radius 2 is 1.57 bits per heavy atom. The third-order valence-corrected chi connectivity index (χ3v) is 4.41. The third kappa shape index (κ3) is 2.00. The van der Waals surface area contributed by atoms with Gasteiger partial charge in [0.1, 0.15) is 17.2 Å². The maximum atomic E-state index is 6.38. The second-order valence-corrected chi connectivity index (χ2v) is 5.92. The van der Waals surface area contributed by atoms with Crippen LogP contribution in [0, 0.1) is 34.6 Å². The molecule has 2 aromatic heterocycles. The molecule has 0 aliphatic heterocycles. The quantitative estimate of drug-likeness (QED) is 0.728. The van der Waals surface area contributed by atoms with Gasteiger partial charge in [0.05, 0.1) is 0 Å². The van der Waals surface area contributed by atoms with E-state index in [1.807, 2.05) is 16.7 Å². The van der Waals surface area contributed by atoms with Gasteiger partial charge in [-0.1, -0.05) is 12.1 Å². The first-order valence-electron chi connectivity index (χ1n) is 7.22. The molecule has 0 aliphatic rings. The third-order valence-electron chi connectivity index (χ3n) is 4.41. The Bertz CT molecular complexity index is 831. The van der Waals surface area contributed by atoms with Gasteiger partial charge in [0.15, 0.2) is 0 Å². The van der Waals surface area contributed by atoms with E-state index in [0.29, 0.717) is 5.82 Å². The number of aromatic nitrogens is 2. The normalized spacial score (nSPS) is 11.3. The molecule has 3 heteroatoms. The molecule has 3 nitrogen and oxygen atoms in total. The van der Waals surface area contributed by atoms with Crippen molar-refractivity contribution in [2.45, 2.75) is 34.6 Å². The van der Waals surface area contributed by atoms with Gasteiger partial charge in [-0.15, -0.1) is 0 Å². The van der Waals surface area contributed by atoms with Crippen LogP contribution < -0.4 is 5.73 Å². The molecule has 0 unspecified atom stereocenters. The SMILES string of the molecule is Cc1ccc2nc(-c3c(C)c(C)cc(C)c3C)c(N)n2c1. The van der Waals surface area contributed by atoms with Crippen LogP contribution in [0.1, 0.15) is 27.8 Å². The average Bonchev–Trinajstić information content (AvgIpc) is 2.75. The van der Waals surface area contributed by atoms with Crippen LogP contribution in [0.2, 0.25) is 0 Å². The van der Waals surface area contributed by atoms with Crippen molar-refractivity contribution in [2.24, 2.45) is 0 Å². The molecule has 0 bridgehead atoms. The number of rotatable bonds is 1. The standard InChI is InChI=1S/C18H21N3/c1-10-6-7-15-20-17(18(19)21(15)9-10)16-13(4)11(2)8-12(3)14(16)5/h6-9H,19H2,1-5H3. The lowest BCUT2D eigenvalue weighted by molar-refractivity contribution is 1.16. The summed E-state index contributed by atoms with van der Waals surface area (Å²) in [5.41, 5.74) is 15.6. The summed E-state index contributed by atoms with van der Waals surface area (Å²) in [4.78, 5) is 4.77. The minimum atomic E-state index is 0.713. The summed E-state index contributed by atoms with van der Waals surface area (Å²) in [5, 5.41) is 0. The van der Waals surface area contributed by atoms with Gasteiger partial charge in [-0.05, 0) is 68.5 Å². The highest BCUT2D eigenvalue weighted by molar-refractivity contribution is 5.80. The molecular formula is C18H21N3. The summed E-state index contributed by atoms with van der Waals surface area (Å²) in [6.07, 6.45) is 2.04. The largest absolute Gasteiger partial charge is 0.383 e. The molecule has 3 rings (SSSR count). The van der Waals surface area contributed by atoms with E-state index >= 15 is 0 Å². The molecule has 0 saturated carbocycles. The number of nitrogens with zero attached hydrogens (tertiary/aromatic N) is 2. The molecule has 2 heterocycles. The average molecular weight is 279 g/mol. The van der Waals surface area contributed by atoms with Gasteiger partial charge in [-0.25, -0.2) is 4.98 Å². The molecular weight excluding hydrogens is 258 g/mol. The number of fused-ring (bicyclic) bond motifs is 1. The van der Waals surface area contributed by atoms with Gasteiger partial charge in [0.25, 0.3) is 0 Å². The molecule has 0 spiro atoms. The number of hydrogen-bond acceptors (Lipinski definition) is 2. The number of nitrogen functional groups attached to an aromatic ring is 1. The Kier molecular flexibility index (Phi) is 3.01. The minimum absolute atomic E-state index is 0.713. The first-order valence-corrected chi connectivity index (χ1v) is 7.22. The maximum Gasteiger partial charge on any atom is 0.139 e. The number of anilines is 1. The first-order chi connectivity index (χ1) is 9.90. The summed E-state index contributed by atoms with van der Waals surface area (Å²) in [6, 6.07) is 6.31. The van der Waals surface area contributed by atoms with Gasteiger partial charge in [-0.3, -0.25) is 4.40 Å². The number of benzene rings is 1. The lowest BCUT2D eigenvalue weighted by atomic mass is 9.92. The van der Waals surface area contributed by atoms with Crippen LogP contribution in [0.25, 0.3) is 16.9 Å². The zero-order valence-corrected chi connectivity index (χ0v) is 13.3. The fraction of sp³-hybridized carbons (Fsp3) is 0.278. The van der Waals surface area contributed by atoms with E-state index in [1.54, 1.807) is 0 Å². The van der Waals surface area contributed by atoms with Gasteiger partial charge in [-0.2, -0.15) is 0 Å². The highest BCUT2D eigenvalue weighted by atomic mass is 15.1. The van der Waals surface area contributed by atoms with E-state index in [4.69, 9.17) is 10.7 Å². The number of imidazole rings is 1. The van der Waals surface area contributed by atoms with Crippen molar-refractivity contribution in [3.8, 4) is 11.3 Å². The van der Waals surface area contributed by atoms with Crippen LogP contribution in [0.3, 0.4) is 0 Å².